The number of hydrogen-bond donors (Lipinski definition) is 2. The van der Waals surface area contributed by atoms with Gasteiger partial charge in [0.2, 0.25) is 5.91 Å². The van der Waals surface area contributed by atoms with Crippen LogP contribution in [0.1, 0.15) is 57.8 Å². The van der Waals surface area contributed by atoms with Crippen LogP contribution in [0.4, 0.5) is 0 Å². The average molecular weight is 262 g/mol. The second-order valence-corrected chi connectivity index (χ2v) is 5.90. The molecule has 1 aliphatic carbocycles. The minimum Gasteiger partial charge on any atom is -0.355 e. The average Bonchev–Trinajstić information content (AvgIpc) is 2.46. The number of unbranched alkanes of at least 4 members (excludes halogenated alkanes) is 2. The summed E-state index contributed by atoms with van der Waals surface area (Å²) in [6, 6.07) is 0.617. The third-order valence-corrected chi connectivity index (χ3v) is 4.51. The Balaban J connectivity index is 1.67. The summed E-state index contributed by atoms with van der Waals surface area (Å²) in [6.07, 6.45) is 15.5. The summed E-state index contributed by atoms with van der Waals surface area (Å²) in [5.74, 6) is 3.62. The van der Waals surface area contributed by atoms with Crippen molar-refractivity contribution < 1.29 is 4.79 Å². The summed E-state index contributed by atoms with van der Waals surface area (Å²) in [4.78, 5) is 12.1. The Labute approximate surface area is 116 Å². The zero-order valence-electron chi connectivity index (χ0n) is 11.8. The lowest BCUT2D eigenvalue weighted by Gasteiger charge is -2.39. The van der Waals surface area contributed by atoms with Gasteiger partial charge in [-0.05, 0) is 44.4 Å². The van der Waals surface area contributed by atoms with Crippen LogP contribution < -0.4 is 10.6 Å². The SMILES string of the molecule is C#CCCCCNC(=O)C1CCC2CCCCC2N1. The van der Waals surface area contributed by atoms with Crippen LogP contribution in [-0.2, 0) is 4.79 Å². The molecule has 0 spiro atoms. The number of terminal acetylenes is 1. The first-order chi connectivity index (χ1) is 9.31. The predicted octanol–water partition coefficient (Wildman–Crippen LogP) is 2.22. The third kappa shape index (κ3) is 4.24. The molecule has 1 saturated carbocycles. The molecule has 3 atom stereocenters. The van der Waals surface area contributed by atoms with E-state index in [1.807, 2.05) is 0 Å². The van der Waals surface area contributed by atoms with Gasteiger partial charge in [-0.1, -0.05) is 12.8 Å². The Kier molecular flexibility index (Phi) is 5.72. The molecule has 2 N–H and O–H groups in total. The maximum absolute atomic E-state index is 12.1. The number of hydrogen-bond acceptors (Lipinski definition) is 2. The lowest BCUT2D eigenvalue weighted by atomic mass is 9.77. The van der Waals surface area contributed by atoms with Gasteiger partial charge in [-0.3, -0.25) is 4.79 Å². The Bertz CT molecular complexity index is 334. The summed E-state index contributed by atoms with van der Waals surface area (Å²) < 4.78 is 0. The van der Waals surface area contributed by atoms with Gasteiger partial charge in [-0.15, -0.1) is 12.3 Å². The monoisotopic (exact) mass is 262 g/mol. The van der Waals surface area contributed by atoms with Gasteiger partial charge >= 0.3 is 0 Å². The molecule has 0 aromatic carbocycles. The van der Waals surface area contributed by atoms with Gasteiger partial charge in [0.1, 0.15) is 0 Å². The van der Waals surface area contributed by atoms with Gasteiger partial charge in [0.15, 0.2) is 0 Å². The van der Waals surface area contributed by atoms with Crippen molar-refractivity contribution in [3.8, 4) is 12.3 Å². The first-order valence-electron chi connectivity index (χ1n) is 7.78. The molecule has 1 amide bonds. The van der Waals surface area contributed by atoms with Crippen LogP contribution in [-0.4, -0.2) is 24.5 Å². The molecule has 1 saturated heterocycles. The molecular formula is C16H26N2O. The van der Waals surface area contributed by atoms with Crippen molar-refractivity contribution in [1.82, 2.24) is 10.6 Å². The molecule has 3 nitrogen and oxygen atoms in total. The summed E-state index contributed by atoms with van der Waals surface area (Å²) >= 11 is 0. The molecule has 1 aliphatic heterocycles. The van der Waals surface area contributed by atoms with E-state index in [9.17, 15) is 4.79 Å². The molecule has 0 bridgehead atoms. The van der Waals surface area contributed by atoms with Crippen molar-refractivity contribution in [3.05, 3.63) is 0 Å². The number of nitrogens with one attached hydrogen (secondary N) is 2. The molecule has 0 aromatic rings. The summed E-state index contributed by atoms with van der Waals surface area (Å²) in [6.45, 7) is 0.757. The molecule has 1 heterocycles. The fourth-order valence-corrected chi connectivity index (χ4v) is 3.39. The van der Waals surface area contributed by atoms with Crippen molar-refractivity contribution in [2.75, 3.05) is 6.54 Å². The molecule has 3 heteroatoms. The zero-order valence-corrected chi connectivity index (χ0v) is 11.8. The molecule has 19 heavy (non-hydrogen) atoms. The van der Waals surface area contributed by atoms with Gasteiger partial charge in [-0.2, -0.15) is 0 Å². The maximum atomic E-state index is 12.1. The quantitative estimate of drug-likeness (QED) is 0.589. The number of carbonyl (C=O) groups is 1. The maximum Gasteiger partial charge on any atom is 0.237 e. The lowest BCUT2D eigenvalue weighted by Crippen LogP contribution is -2.55. The van der Waals surface area contributed by atoms with Crippen molar-refractivity contribution in [2.45, 2.75) is 69.9 Å². The van der Waals surface area contributed by atoms with Crippen molar-refractivity contribution in [2.24, 2.45) is 5.92 Å². The van der Waals surface area contributed by atoms with Crippen molar-refractivity contribution in [1.29, 1.82) is 0 Å². The Morgan fingerprint density at radius 1 is 1.21 bits per heavy atom. The Morgan fingerprint density at radius 2 is 2.05 bits per heavy atom. The standard InChI is InChI=1S/C16H26N2O/c1-2-3-4-7-12-17-16(19)15-11-10-13-8-5-6-9-14(13)18-15/h1,13-15,18H,3-12H2,(H,17,19). The van der Waals surface area contributed by atoms with E-state index >= 15 is 0 Å². The largest absolute Gasteiger partial charge is 0.355 e. The van der Waals surface area contributed by atoms with Crippen molar-refractivity contribution >= 4 is 5.91 Å². The van der Waals surface area contributed by atoms with Crippen LogP contribution in [0.25, 0.3) is 0 Å². The van der Waals surface area contributed by atoms with Crippen LogP contribution in [0, 0.1) is 18.3 Å². The molecule has 2 fully saturated rings. The second-order valence-electron chi connectivity index (χ2n) is 5.90. The molecule has 3 unspecified atom stereocenters. The highest BCUT2D eigenvalue weighted by Crippen LogP contribution is 2.32. The Hall–Kier alpha value is -1.01. The van der Waals surface area contributed by atoms with Crippen LogP contribution >= 0.6 is 0 Å². The first-order valence-corrected chi connectivity index (χ1v) is 7.78. The van der Waals surface area contributed by atoms with Gasteiger partial charge in [-0.25, -0.2) is 0 Å². The third-order valence-electron chi connectivity index (χ3n) is 4.51. The summed E-state index contributed by atoms with van der Waals surface area (Å²) in [7, 11) is 0. The van der Waals surface area contributed by atoms with Crippen LogP contribution in [0.2, 0.25) is 0 Å². The fourth-order valence-electron chi connectivity index (χ4n) is 3.39. The minimum absolute atomic E-state index is 0.0342. The zero-order chi connectivity index (χ0) is 13.5. The van der Waals surface area contributed by atoms with E-state index in [1.165, 1.54) is 32.1 Å². The lowest BCUT2D eigenvalue weighted by molar-refractivity contribution is -0.124. The molecule has 0 radical (unpaired) electrons. The van der Waals surface area contributed by atoms with E-state index in [4.69, 9.17) is 6.42 Å². The molecule has 106 valence electrons. The van der Waals surface area contributed by atoms with E-state index < -0.39 is 0 Å². The normalized spacial score (nSPS) is 30.2. The van der Waals surface area contributed by atoms with E-state index in [0.717, 1.165) is 38.1 Å². The number of amides is 1. The number of carbonyl (C=O) groups excluding carboxylic acids is 1. The topological polar surface area (TPSA) is 41.1 Å². The molecule has 2 aliphatic rings. The molecular weight excluding hydrogens is 236 g/mol. The molecule has 2 rings (SSSR count). The Morgan fingerprint density at radius 3 is 2.89 bits per heavy atom. The van der Waals surface area contributed by atoms with E-state index in [0.29, 0.717) is 6.04 Å². The van der Waals surface area contributed by atoms with Gasteiger partial charge in [0.25, 0.3) is 0 Å². The highest BCUT2D eigenvalue weighted by molar-refractivity contribution is 5.81. The number of fused-ring (bicyclic) bond motifs is 1. The fraction of sp³-hybridized carbons (Fsp3) is 0.812. The first kappa shape index (κ1) is 14.4. The second kappa shape index (κ2) is 7.55. The number of piperidine rings is 1. The van der Waals surface area contributed by atoms with E-state index in [-0.39, 0.29) is 11.9 Å². The highest BCUT2D eigenvalue weighted by Gasteiger charge is 2.34. The summed E-state index contributed by atoms with van der Waals surface area (Å²) in [5.41, 5.74) is 0. The van der Waals surface area contributed by atoms with E-state index in [2.05, 4.69) is 16.6 Å². The van der Waals surface area contributed by atoms with Crippen LogP contribution in [0.3, 0.4) is 0 Å². The van der Waals surface area contributed by atoms with E-state index in [1.54, 1.807) is 0 Å². The van der Waals surface area contributed by atoms with Gasteiger partial charge in [0, 0.05) is 19.0 Å². The van der Waals surface area contributed by atoms with Gasteiger partial charge in [0.05, 0.1) is 6.04 Å². The predicted molar refractivity (Wildman–Crippen MR) is 77.6 cm³/mol. The van der Waals surface area contributed by atoms with Crippen LogP contribution in [0.5, 0.6) is 0 Å². The summed E-state index contributed by atoms with van der Waals surface area (Å²) in [5, 5.41) is 6.60. The highest BCUT2D eigenvalue weighted by atomic mass is 16.2. The minimum atomic E-state index is 0.0342. The van der Waals surface area contributed by atoms with Crippen molar-refractivity contribution in [3.63, 3.8) is 0 Å². The number of rotatable bonds is 5. The van der Waals surface area contributed by atoms with Gasteiger partial charge < -0.3 is 10.6 Å². The van der Waals surface area contributed by atoms with Crippen LogP contribution in [0.15, 0.2) is 0 Å². The smallest absolute Gasteiger partial charge is 0.237 e. The molecule has 0 aromatic heterocycles.